The van der Waals surface area contributed by atoms with Gasteiger partial charge in [0.1, 0.15) is 0 Å². The van der Waals surface area contributed by atoms with Gasteiger partial charge in [0.25, 0.3) is 0 Å². The van der Waals surface area contributed by atoms with Crippen LogP contribution in [0.15, 0.2) is 0 Å². The molecule has 0 fully saturated rings. The van der Waals surface area contributed by atoms with Crippen molar-refractivity contribution < 1.29 is 0 Å². The Hall–Kier alpha value is 0.427. The monoisotopic (exact) mass is 194 g/mol. The molecule has 1 N–H and O–H groups in total. The van der Waals surface area contributed by atoms with Gasteiger partial charge in [-0.3, -0.25) is 0 Å². The fourth-order valence-corrected chi connectivity index (χ4v) is 3.35. The second kappa shape index (κ2) is 5.14. The summed E-state index contributed by atoms with van der Waals surface area (Å²) >= 11 is 6.39. The zero-order chi connectivity index (χ0) is 8.91. The van der Waals surface area contributed by atoms with Crippen LogP contribution in [0.25, 0.3) is 0 Å². The van der Waals surface area contributed by atoms with E-state index < -0.39 is 7.71 Å². The average Bonchev–Trinajstić information content (AvgIpc) is 2.00. The first kappa shape index (κ1) is 11.4. The van der Waals surface area contributed by atoms with Gasteiger partial charge in [0.2, 0.25) is 0 Å². The summed E-state index contributed by atoms with van der Waals surface area (Å²) in [6.07, 6.45) is 2.44. The Balaban J connectivity index is 3.88. The molecule has 0 aliphatic heterocycles. The molecule has 0 saturated heterocycles. The van der Waals surface area contributed by atoms with E-state index in [1.54, 1.807) is 0 Å². The molecular weight excluding hydrogens is 176 g/mol. The molecule has 0 radical (unpaired) electrons. The smallest absolute Gasteiger partial charge is 0.304 e. The number of rotatable bonds is 5. The third kappa shape index (κ3) is 3.56. The molecule has 4 heteroatoms. The third-order valence-electron chi connectivity index (χ3n) is 1.95. The maximum atomic E-state index is 6.39. The van der Waals surface area contributed by atoms with Crippen molar-refractivity contribution >= 4 is 18.8 Å². The molecule has 0 aromatic carbocycles. The van der Waals surface area contributed by atoms with Crippen LogP contribution in [0.3, 0.4) is 0 Å². The van der Waals surface area contributed by atoms with Gasteiger partial charge in [0.15, 0.2) is 0 Å². The number of unbranched alkanes of at least 4 members (excludes halogenated alkanes) is 1. The molecule has 2 nitrogen and oxygen atoms in total. The molecule has 0 aliphatic carbocycles. The minimum atomic E-state index is -1.77. The Morgan fingerprint density at radius 2 is 2.00 bits per heavy atom. The summed E-state index contributed by atoms with van der Waals surface area (Å²) in [5.74, 6) is 0. The van der Waals surface area contributed by atoms with E-state index in [-0.39, 0.29) is 0 Å². The molecule has 0 saturated carbocycles. The lowest BCUT2D eigenvalue weighted by molar-refractivity contribution is 0.603. The van der Waals surface area contributed by atoms with E-state index in [2.05, 4.69) is 16.5 Å². The van der Waals surface area contributed by atoms with Crippen LogP contribution in [-0.4, -0.2) is 33.4 Å². The molecule has 0 rings (SSSR count). The van der Waals surface area contributed by atoms with Crippen LogP contribution >= 0.6 is 11.1 Å². The van der Waals surface area contributed by atoms with E-state index in [1.807, 2.05) is 21.1 Å². The van der Waals surface area contributed by atoms with Crippen LogP contribution in [0.2, 0.25) is 6.04 Å². The molecular formula is C7H19ClN2Si. The van der Waals surface area contributed by atoms with Crippen LogP contribution in [-0.2, 0) is 0 Å². The third-order valence-corrected chi connectivity index (χ3v) is 7.30. The van der Waals surface area contributed by atoms with Gasteiger partial charge in [0, 0.05) is 0 Å². The summed E-state index contributed by atoms with van der Waals surface area (Å²) in [6, 6.07) is 1.12. The molecule has 1 atom stereocenters. The molecule has 0 aliphatic rings. The SMILES string of the molecule is CCCC[Si](Cl)(NC)N(C)C. The summed E-state index contributed by atoms with van der Waals surface area (Å²) in [7, 11) is 4.28. The topological polar surface area (TPSA) is 15.3 Å². The van der Waals surface area contributed by atoms with Gasteiger partial charge in [-0.05, 0) is 27.2 Å². The molecule has 0 aromatic rings. The minimum Gasteiger partial charge on any atom is -0.316 e. The lowest BCUT2D eigenvalue weighted by Gasteiger charge is -2.30. The van der Waals surface area contributed by atoms with Crippen LogP contribution in [0, 0.1) is 0 Å². The molecule has 1 unspecified atom stereocenters. The number of hydrogen-bond donors (Lipinski definition) is 1. The fraction of sp³-hybridized carbons (Fsp3) is 1.00. The van der Waals surface area contributed by atoms with Gasteiger partial charge >= 0.3 is 7.71 Å². The lowest BCUT2D eigenvalue weighted by Crippen LogP contribution is -2.55. The van der Waals surface area contributed by atoms with Gasteiger partial charge in [-0.25, -0.2) is 0 Å². The highest BCUT2D eigenvalue weighted by Crippen LogP contribution is 2.16. The molecule has 11 heavy (non-hydrogen) atoms. The van der Waals surface area contributed by atoms with Crippen molar-refractivity contribution in [1.82, 2.24) is 9.55 Å². The Kier molecular flexibility index (Phi) is 5.34. The molecule has 0 spiro atoms. The molecule has 0 aromatic heterocycles. The van der Waals surface area contributed by atoms with E-state index in [0.717, 1.165) is 6.04 Å². The Morgan fingerprint density at radius 1 is 1.45 bits per heavy atom. The lowest BCUT2D eigenvalue weighted by atomic mass is 10.4. The first-order valence-corrected chi connectivity index (χ1v) is 7.28. The largest absolute Gasteiger partial charge is 0.316 e. The highest BCUT2D eigenvalue weighted by Gasteiger charge is 2.31. The van der Waals surface area contributed by atoms with E-state index in [0.29, 0.717) is 0 Å². The number of nitrogens with one attached hydrogen (secondary N) is 1. The maximum Gasteiger partial charge on any atom is 0.304 e. The van der Waals surface area contributed by atoms with Crippen LogP contribution in [0.4, 0.5) is 0 Å². The summed E-state index contributed by atoms with van der Waals surface area (Å²) in [5.41, 5.74) is 0. The highest BCUT2D eigenvalue weighted by molar-refractivity contribution is 7.17. The van der Waals surface area contributed by atoms with E-state index in [1.165, 1.54) is 12.8 Å². The van der Waals surface area contributed by atoms with E-state index in [4.69, 9.17) is 11.1 Å². The van der Waals surface area contributed by atoms with Crippen molar-refractivity contribution in [1.29, 1.82) is 0 Å². The van der Waals surface area contributed by atoms with Crippen molar-refractivity contribution in [3.8, 4) is 0 Å². The zero-order valence-corrected chi connectivity index (χ0v) is 9.70. The van der Waals surface area contributed by atoms with Crippen molar-refractivity contribution in [2.45, 2.75) is 25.8 Å². The van der Waals surface area contributed by atoms with Crippen LogP contribution < -0.4 is 4.98 Å². The second-order valence-corrected chi connectivity index (χ2v) is 8.30. The summed E-state index contributed by atoms with van der Waals surface area (Å²) < 4.78 is 2.14. The Bertz CT molecular complexity index is 111. The number of halogens is 1. The molecule has 0 bridgehead atoms. The van der Waals surface area contributed by atoms with Crippen LogP contribution in [0.1, 0.15) is 19.8 Å². The van der Waals surface area contributed by atoms with Crippen molar-refractivity contribution in [3.05, 3.63) is 0 Å². The minimum absolute atomic E-state index is 1.12. The standard InChI is InChI=1S/C7H19ClN2Si/c1-5-6-7-11(8,9-2)10(3)4/h9H,5-7H2,1-4H3. The van der Waals surface area contributed by atoms with Gasteiger partial charge in [-0.2, -0.15) is 0 Å². The van der Waals surface area contributed by atoms with E-state index >= 15 is 0 Å². The van der Waals surface area contributed by atoms with Gasteiger partial charge < -0.3 is 9.55 Å². The Labute approximate surface area is 75.8 Å². The number of nitrogens with zero attached hydrogens (tertiary/aromatic N) is 1. The van der Waals surface area contributed by atoms with E-state index in [9.17, 15) is 0 Å². The molecule has 0 amide bonds. The number of hydrogen-bond acceptors (Lipinski definition) is 2. The fourth-order valence-electron chi connectivity index (χ4n) is 0.983. The van der Waals surface area contributed by atoms with Crippen molar-refractivity contribution in [2.24, 2.45) is 0 Å². The molecule has 0 heterocycles. The zero-order valence-electron chi connectivity index (χ0n) is 7.95. The van der Waals surface area contributed by atoms with Crippen molar-refractivity contribution in [3.63, 3.8) is 0 Å². The van der Waals surface area contributed by atoms with Gasteiger partial charge in [-0.15, -0.1) is 11.1 Å². The first-order chi connectivity index (χ1) is 5.06. The second-order valence-electron chi connectivity index (χ2n) is 3.01. The normalized spacial score (nSPS) is 16.9. The quantitative estimate of drug-likeness (QED) is 0.530. The summed E-state index contributed by atoms with van der Waals surface area (Å²) in [4.78, 5) is 3.24. The maximum absolute atomic E-state index is 6.39. The Morgan fingerprint density at radius 3 is 2.27 bits per heavy atom. The average molecular weight is 195 g/mol. The van der Waals surface area contributed by atoms with Crippen LogP contribution in [0.5, 0.6) is 0 Å². The summed E-state index contributed by atoms with van der Waals surface area (Å²) in [5, 5.41) is 0. The predicted octanol–water partition coefficient (Wildman–Crippen LogP) is 1.75. The van der Waals surface area contributed by atoms with Gasteiger partial charge in [-0.1, -0.05) is 19.8 Å². The highest BCUT2D eigenvalue weighted by atomic mass is 35.6. The predicted molar refractivity (Wildman–Crippen MR) is 54.1 cm³/mol. The molecule has 68 valence electrons. The van der Waals surface area contributed by atoms with Crippen molar-refractivity contribution in [2.75, 3.05) is 21.1 Å². The summed E-state index contributed by atoms with van der Waals surface area (Å²) in [6.45, 7) is 2.19. The first-order valence-electron chi connectivity index (χ1n) is 4.12. The van der Waals surface area contributed by atoms with Gasteiger partial charge in [0.05, 0.1) is 0 Å².